The van der Waals surface area contributed by atoms with Gasteiger partial charge in [-0.2, -0.15) is 4.98 Å². The average molecular weight is 231 g/mol. The van der Waals surface area contributed by atoms with E-state index in [9.17, 15) is 4.79 Å². The van der Waals surface area contributed by atoms with Gasteiger partial charge in [-0.05, 0) is 23.5 Å². The summed E-state index contributed by atoms with van der Waals surface area (Å²) in [6.45, 7) is 3.62. The standard InChI is InChI=1S/C12H10N2OS/c1-7-13-11-9-5-3-4-6-10(9)14(8(2)15)12(11)16-7/h3-6H,1-2H3/p+1. The maximum absolute atomic E-state index is 11.7. The molecule has 16 heavy (non-hydrogen) atoms. The Labute approximate surface area is 96.3 Å². The molecule has 2 aromatic heterocycles. The topological polar surface area (TPSA) is 36.1 Å². The van der Waals surface area contributed by atoms with Gasteiger partial charge in [0.1, 0.15) is 0 Å². The number of benzene rings is 1. The lowest BCUT2D eigenvalue weighted by Gasteiger charge is -1.97. The molecule has 0 saturated carbocycles. The summed E-state index contributed by atoms with van der Waals surface area (Å²) in [5.74, 6) is 0.0569. The first-order valence-electron chi connectivity index (χ1n) is 5.11. The van der Waals surface area contributed by atoms with Gasteiger partial charge in [-0.1, -0.05) is 12.1 Å². The van der Waals surface area contributed by atoms with Crippen LogP contribution >= 0.6 is 11.3 Å². The van der Waals surface area contributed by atoms with Gasteiger partial charge in [-0.25, -0.2) is 0 Å². The number of aromatic amines is 1. The van der Waals surface area contributed by atoms with Crippen molar-refractivity contribution in [3.8, 4) is 0 Å². The van der Waals surface area contributed by atoms with E-state index in [1.807, 2.05) is 31.2 Å². The van der Waals surface area contributed by atoms with Crippen LogP contribution in [0.15, 0.2) is 24.3 Å². The molecule has 0 bridgehead atoms. The lowest BCUT2D eigenvalue weighted by molar-refractivity contribution is -0.346. The molecule has 0 fully saturated rings. The molecule has 3 nitrogen and oxygen atoms in total. The number of hydrogen-bond acceptors (Lipinski definition) is 2. The lowest BCUT2D eigenvalue weighted by Crippen LogP contribution is -2.03. The second-order valence-electron chi connectivity index (χ2n) is 3.83. The van der Waals surface area contributed by atoms with Crippen LogP contribution in [0.2, 0.25) is 0 Å². The van der Waals surface area contributed by atoms with Crippen LogP contribution in [-0.4, -0.2) is 10.5 Å². The summed E-state index contributed by atoms with van der Waals surface area (Å²) in [6.07, 6.45) is 0. The number of nitrogens with one attached hydrogen (secondary N) is 1. The van der Waals surface area contributed by atoms with Gasteiger partial charge in [0.15, 0.2) is 4.83 Å². The molecule has 0 atom stereocenters. The van der Waals surface area contributed by atoms with Crippen LogP contribution in [0.25, 0.3) is 21.3 Å². The predicted molar refractivity (Wildman–Crippen MR) is 64.9 cm³/mol. The highest BCUT2D eigenvalue weighted by Crippen LogP contribution is 2.29. The summed E-state index contributed by atoms with van der Waals surface area (Å²) in [5.41, 5.74) is 2.04. The highest BCUT2D eigenvalue weighted by Gasteiger charge is 2.20. The summed E-state index contributed by atoms with van der Waals surface area (Å²) >= 11 is 1.62. The Morgan fingerprint density at radius 3 is 2.88 bits per heavy atom. The first-order valence-corrected chi connectivity index (χ1v) is 5.93. The summed E-state index contributed by atoms with van der Waals surface area (Å²) in [7, 11) is 0. The molecule has 0 aliphatic carbocycles. The van der Waals surface area contributed by atoms with Gasteiger partial charge in [-0.15, -0.1) is 0 Å². The van der Waals surface area contributed by atoms with Crippen molar-refractivity contribution in [1.82, 2.24) is 4.57 Å². The Hall–Kier alpha value is -1.68. The van der Waals surface area contributed by atoms with E-state index in [0.29, 0.717) is 0 Å². The first kappa shape index (κ1) is 9.54. The van der Waals surface area contributed by atoms with Crippen LogP contribution in [0.3, 0.4) is 0 Å². The third kappa shape index (κ3) is 1.13. The number of hydrogen-bond donors (Lipinski definition) is 0. The molecular weight excluding hydrogens is 220 g/mol. The van der Waals surface area contributed by atoms with E-state index in [0.717, 1.165) is 26.3 Å². The normalized spacial score (nSPS) is 11.4. The van der Waals surface area contributed by atoms with Crippen molar-refractivity contribution in [2.45, 2.75) is 13.8 Å². The quantitative estimate of drug-likeness (QED) is 0.586. The molecule has 0 spiro atoms. The molecular formula is C12H11N2OS+. The number of fused-ring (bicyclic) bond motifs is 3. The smallest absolute Gasteiger partial charge is 0.248 e. The Bertz CT molecular complexity index is 708. The van der Waals surface area contributed by atoms with Gasteiger partial charge in [0, 0.05) is 13.8 Å². The summed E-state index contributed by atoms with van der Waals surface area (Å²) in [4.78, 5) is 16.0. The summed E-state index contributed by atoms with van der Waals surface area (Å²) in [6, 6.07) is 7.97. The highest BCUT2D eigenvalue weighted by molar-refractivity contribution is 7.18. The van der Waals surface area contributed by atoms with Crippen LogP contribution < -0.4 is 4.98 Å². The molecule has 2 heterocycles. The van der Waals surface area contributed by atoms with Crippen molar-refractivity contribution < 1.29 is 9.78 Å². The number of rotatable bonds is 0. The van der Waals surface area contributed by atoms with Crippen LogP contribution in [0.5, 0.6) is 0 Å². The largest absolute Gasteiger partial charge is 0.274 e. The molecule has 0 amide bonds. The number of aryl methyl sites for hydroxylation is 1. The van der Waals surface area contributed by atoms with E-state index in [4.69, 9.17) is 0 Å². The van der Waals surface area contributed by atoms with Crippen LogP contribution in [0.4, 0.5) is 0 Å². The van der Waals surface area contributed by atoms with E-state index in [2.05, 4.69) is 4.98 Å². The summed E-state index contributed by atoms with van der Waals surface area (Å²) in [5, 5.41) is 2.22. The van der Waals surface area contributed by atoms with E-state index < -0.39 is 0 Å². The maximum Gasteiger partial charge on any atom is 0.248 e. The van der Waals surface area contributed by atoms with Gasteiger partial charge in [0.2, 0.25) is 16.4 Å². The highest BCUT2D eigenvalue weighted by atomic mass is 32.1. The zero-order valence-corrected chi connectivity index (χ0v) is 9.89. The Morgan fingerprint density at radius 1 is 1.38 bits per heavy atom. The molecule has 80 valence electrons. The molecule has 4 heteroatoms. The monoisotopic (exact) mass is 231 g/mol. The third-order valence-electron chi connectivity index (χ3n) is 2.70. The second kappa shape index (κ2) is 3.15. The number of carbonyl (C=O) groups excluding carboxylic acids is 1. The van der Waals surface area contributed by atoms with Gasteiger partial charge >= 0.3 is 0 Å². The molecule has 0 aliphatic rings. The SMILES string of the molecule is CC(=O)n1c2ccccc2c2[nH+]c(C)sc21. The lowest BCUT2D eigenvalue weighted by atomic mass is 10.2. The number of para-hydroxylation sites is 1. The van der Waals surface area contributed by atoms with Crippen molar-refractivity contribution in [3.63, 3.8) is 0 Å². The molecule has 3 rings (SSSR count). The van der Waals surface area contributed by atoms with Crippen molar-refractivity contribution in [3.05, 3.63) is 29.3 Å². The van der Waals surface area contributed by atoms with Gasteiger partial charge in [0.05, 0.1) is 10.9 Å². The van der Waals surface area contributed by atoms with Crippen molar-refractivity contribution >= 4 is 38.5 Å². The van der Waals surface area contributed by atoms with Crippen molar-refractivity contribution in [1.29, 1.82) is 0 Å². The average Bonchev–Trinajstić information content (AvgIpc) is 2.72. The third-order valence-corrected chi connectivity index (χ3v) is 3.69. The van der Waals surface area contributed by atoms with Gasteiger partial charge in [-0.3, -0.25) is 9.36 Å². The fourth-order valence-corrected chi connectivity index (χ4v) is 3.12. The van der Waals surface area contributed by atoms with E-state index >= 15 is 0 Å². The second-order valence-corrected chi connectivity index (χ2v) is 5.04. The number of thiazole rings is 1. The molecule has 3 aromatic rings. The molecule has 0 saturated heterocycles. The first-order chi connectivity index (χ1) is 7.68. The number of carbonyl (C=O) groups is 1. The summed E-state index contributed by atoms with van der Waals surface area (Å²) < 4.78 is 1.78. The van der Waals surface area contributed by atoms with Gasteiger partial charge in [0.25, 0.3) is 0 Å². The van der Waals surface area contributed by atoms with Crippen LogP contribution in [0.1, 0.15) is 16.7 Å². The Kier molecular flexibility index (Phi) is 1.88. The number of H-pyrrole nitrogens is 1. The van der Waals surface area contributed by atoms with Crippen molar-refractivity contribution in [2.24, 2.45) is 0 Å². The number of aromatic nitrogens is 2. The van der Waals surface area contributed by atoms with E-state index in [1.165, 1.54) is 0 Å². The maximum atomic E-state index is 11.7. The molecule has 1 aromatic carbocycles. The Balaban J connectivity index is 2.61. The fourth-order valence-electron chi connectivity index (χ4n) is 2.09. The predicted octanol–water partition coefficient (Wildman–Crippen LogP) is 2.64. The van der Waals surface area contributed by atoms with Crippen LogP contribution in [-0.2, 0) is 0 Å². The molecule has 1 N–H and O–H groups in total. The van der Waals surface area contributed by atoms with Crippen LogP contribution in [0, 0.1) is 6.92 Å². The van der Waals surface area contributed by atoms with Crippen molar-refractivity contribution in [2.75, 3.05) is 0 Å². The van der Waals surface area contributed by atoms with E-state index in [1.54, 1.807) is 22.8 Å². The fraction of sp³-hybridized carbons (Fsp3) is 0.167. The Morgan fingerprint density at radius 2 is 2.12 bits per heavy atom. The minimum Gasteiger partial charge on any atom is -0.274 e. The zero-order valence-electron chi connectivity index (χ0n) is 9.07. The van der Waals surface area contributed by atoms with E-state index in [-0.39, 0.29) is 5.91 Å². The minimum absolute atomic E-state index is 0.0569. The zero-order chi connectivity index (χ0) is 11.3. The van der Waals surface area contributed by atoms with Gasteiger partial charge < -0.3 is 0 Å². The molecule has 0 unspecified atom stereocenters. The molecule has 0 aliphatic heterocycles. The minimum atomic E-state index is 0.0569. The number of nitrogens with zero attached hydrogens (tertiary/aromatic N) is 1. The molecule has 0 radical (unpaired) electrons.